The summed E-state index contributed by atoms with van der Waals surface area (Å²) in [6, 6.07) is 0. The van der Waals surface area contributed by atoms with E-state index in [0.717, 1.165) is 50.6 Å². The zero-order valence-corrected chi connectivity index (χ0v) is 22.7. The number of carboxylic acids is 1. The highest BCUT2D eigenvalue weighted by Crippen LogP contribution is 2.70. The van der Waals surface area contributed by atoms with E-state index < -0.39 is 22.2 Å². The minimum absolute atomic E-state index is 0.0343. The van der Waals surface area contributed by atoms with Crippen LogP contribution in [0.1, 0.15) is 86.5 Å². The lowest BCUT2D eigenvalue weighted by molar-refractivity contribution is -0.635. The van der Waals surface area contributed by atoms with Crippen LogP contribution in [0.4, 0.5) is 0 Å². The van der Waals surface area contributed by atoms with Gasteiger partial charge in [0.15, 0.2) is 18.0 Å². The number of carbonyl (C=O) groups excluding carboxylic acids is 2. The van der Waals surface area contributed by atoms with Gasteiger partial charge in [0.05, 0.1) is 11.8 Å². The molecule has 0 unspecified atom stereocenters. The smallest absolute Gasteiger partial charge is 0.303 e. The van der Waals surface area contributed by atoms with Gasteiger partial charge in [-0.2, -0.15) is 0 Å². The number of aliphatic carboxylic acids is 1. The Hall–Kier alpha value is -1.82. The Morgan fingerprint density at radius 3 is 2.61 bits per heavy atom. The van der Waals surface area contributed by atoms with Crippen molar-refractivity contribution in [2.24, 2.45) is 45.8 Å². The second-order valence-electron chi connectivity index (χ2n) is 14.1. The van der Waals surface area contributed by atoms with Crippen molar-refractivity contribution in [2.75, 3.05) is 6.54 Å². The molecule has 6 nitrogen and oxygen atoms in total. The number of carbonyl (C=O) groups is 3. The van der Waals surface area contributed by atoms with Gasteiger partial charge in [-0.3, -0.25) is 14.4 Å². The Labute approximate surface area is 214 Å². The molecular weight excluding hydrogens is 454 g/mol. The molecule has 6 aliphatic rings. The van der Waals surface area contributed by atoms with E-state index in [2.05, 4.69) is 32.3 Å². The van der Waals surface area contributed by atoms with Gasteiger partial charge in [0.25, 0.3) is 5.72 Å². The first-order chi connectivity index (χ1) is 16.8. The highest BCUT2D eigenvalue weighted by atomic mass is 16.5. The molecule has 0 aromatic heterocycles. The maximum absolute atomic E-state index is 14.3. The summed E-state index contributed by atoms with van der Waals surface area (Å²) in [7, 11) is 0. The predicted octanol–water partition coefficient (Wildman–Crippen LogP) is 4.64. The summed E-state index contributed by atoms with van der Waals surface area (Å²) in [5, 5.41) is 10.2. The molecule has 0 radical (unpaired) electrons. The Morgan fingerprint density at radius 1 is 1.19 bits per heavy atom. The highest BCUT2D eigenvalue weighted by Gasteiger charge is 2.75. The molecule has 1 N–H and O–H groups in total. The molecule has 6 rings (SSSR count). The SMILES string of the molecule is CC1=CC(=O)[C@@H]2[C@@H](C1)[C@]1(C)CC3=[N+]4C[C@H]5C[C@H](C)C[C@]4(CC[C@@]3(C)[C@@](C)(CC(=O)O)[C@H]1C(=O)[C@@H]2C)O5. The van der Waals surface area contributed by atoms with E-state index in [1.165, 1.54) is 5.71 Å². The van der Waals surface area contributed by atoms with Crippen LogP contribution in [0.25, 0.3) is 0 Å². The maximum Gasteiger partial charge on any atom is 0.303 e. The molecular formula is C30H42NO5+. The fourth-order valence-corrected chi connectivity index (χ4v) is 10.4. The number of allylic oxidation sites excluding steroid dienone is 2. The first kappa shape index (κ1) is 24.5. The Bertz CT molecular complexity index is 1140. The lowest BCUT2D eigenvalue weighted by Gasteiger charge is -2.66. The molecule has 196 valence electrons. The second-order valence-corrected chi connectivity index (χ2v) is 14.1. The van der Waals surface area contributed by atoms with Crippen LogP contribution >= 0.6 is 0 Å². The molecule has 3 aliphatic heterocycles. The molecule has 1 spiro atoms. The van der Waals surface area contributed by atoms with Crippen LogP contribution in [-0.2, 0) is 19.1 Å². The predicted molar refractivity (Wildman–Crippen MR) is 135 cm³/mol. The number of hydrogen-bond acceptors (Lipinski definition) is 4. The lowest BCUT2D eigenvalue weighted by Crippen LogP contribution is -2.71. The number of nitrogens with zero attached hydrogens (tertiary/aromatic N) is 1. The molecule has 2 saturated heterocycles. The van der Waals surface area contributed by atoms with E-state index in [1.54, 1.807) is 6.08 Å². The number of ether oxygens (including phenoxy) is 1. The van der Waals surface area contributed by atoms with Gasteiger partial charge in [-0.1, -0.05) is 33.3 Å². The van der Waals surface area contributed by atoms with Crippen LogP contribution in [0, 0.1) is 45.8 Å². The Morgan fingerprint density at radius 2 is 1.92 bits per heavy atom. The van der Waals surface area contributed by atoms with Crippen LogP contribution in [0.5, 0.6) is 0 Å². The summed E-state index contributed by atoms with van der Waals surface area (Å²) < 4.78 is 9.25. The maximum atomic E-state index is 14.3. The van der Waals surface area contributed by atoms with Gasteiger partial charge < -0.3 is 9.84 Å². The molecule has 0 amide bonds. The van der Waals surface area contributed by atoms with Gasteiger partial charge in [-0.15, -0.1) is 0 Å². The fourth-order valence-electron chi connectivity index (χ4n) is 10.4. The third-order valence-electron chi connectivity index (χ3n) is 12.0. The standard InChI is InChI=1S/C30H41NO5/c1-16-10-20-24(21(32)11-16)18(3)25(35)26-27(20,4)13-22-28(5,29(26,6)14-23(33)34)7-8-30-12-17(2)9-19(36-30)15-31(22)30/h11,17-20,24,26H,7-10,12-15H2,1-6H3/p+1/t17-,18+,19+,20+,24-,26-,27-,28+,29-,30-/m0/s1. The van der Waals surface area contributed by atoms with E-state index in [0.29, 0.717) is 5.92 Å². The number of rotatable bonds is 2. The number of Topliss-reactive ketones (excluding diaryl/α,β-unsaturated/α-hetero) is 1. The molecule has 36 heavy (non-hydrogen) atoms. The average Bonchev–Trinajstić information content (AvgIpc) is 3.03. The minimum Gasteiger partial charge on any atom is -0.481 e. The number of fused-ring (bicyclic) bond motifs is 5. The number of carboxylic acid groups (broad SMARTS) is 1. The quantitative estimate of drug-likeness (QED) is 0.563. The van der Waals surface area contributed by atoms with E-state index in [9.17, 15) is 19.5 Å². The van der Waals surface area contributed by atoms with Crippen LogP contribution in [0.3, 0.4) is 0 Å². The summed E-state index contributed by atoms with van der Waals surface area (Å²) in [5.74, 6) is -1.10. The summed E-state index contributed by atoms with van der Waals surface area (Å²) in [5.41, 5.74) is 0.466. The van der Waals surface area contributed by atoms with Gasteiger partial charge in [0.1, 0.15) is 11.9 Å². The van der Waals surface area contributed by atoms with Crippen LogP contribution in [-0.4, -0.2) is 51.3 Å². The van der Waals surface area contributed by atoms with Crippen molar-refractivity contribution in [3.8, 4) is 0 Å². The van der Waals surface area contributed by atoms with E-state index in [4.69, 9.17) is 4.74 Å². The molecule has 2 saturated carbocycles. The molecule has 0 aromatic carbocycles. The number of ketones is 2. The van der Waals surface area contributed by atoms with E-state index in [-0.39, 0.29) is 53.5 Å². The van der Waals surface area contributed by atoms with Crippen molar-refractivity contribution in [3.63, 3.8) is 0 Å². The third kappa shape index (κ3) is 2.88. The van der Waals surface area contributed by atoms with Crippen molar-refractivity contribution >= 4 is 23.2 Å². The second kappa shape index (κ2) is 7.39. The summed E-state index contributed by atoms with van der Waals surface area (Å²) in [4.78, 5) is 40.1. The minimum atomic E-state index is -0.842. The van der Waals surface area contributed by atoms with E-state index in [1.807, 2.05) is 13.8 Å². The van der Waals surface area contributed by atoms with Crippen LogP contribution in [0.15, 0.2) is 11.6 Å². The molecule has 10 atom stereocenters. The summed E-state index contributed by atoms with van der Waals surface area (Å²) in [6.45, 7) is 13.7. The number of hydrogen-bond donors (Lipinski definition) is 1. The first-order valence-corrected chi connectivity index (χ1v) is 14.0. The first-order valence-electron chi connectivity index (χ1n) is 14.0. The van der Waals surface area contributed by atoms with Gasteiger partial charge in [0, 0.05) is 42.4 Å². The molecule has 4 fully saturated rings. The zero-order chi connectivity index (χ0) is 26.0. The lowest BCUT2D eigenvalue weighted by atomic mass is 9.35. The Kier molecular flexibility index (Phi) is 5.03. The molecule has 6 heteroatoms. The van der Waals surface area contributed by atoms with Crippen molar-refractivity contribution in [1.82, 2.24) is 0 Å². The van der Waals surface area contributed by atoms with Gasteiger partial charge in [-0.25, -0.2) is 4.58 Å². The van der Waals surface area contributed by atoms with Gasteiger partial charge in [-0.05, 0) is 56.4 Å². The van der Waals surface area contributed by atoms with Crippen molar-refractivity contribution in [2.45, 2.75) is 98.3 Å². The molecule has 3 aliphatic carbocycles. The van der Waals surface area contributed by atoms with Crippen LogP contribution < -0.4 is 0 Å². The summed E-state index contributed by atoms with van der Waals surface area (Å²) in [6.07, 6.45) is 7.25. The zero-order valence-electron chi connectivity index (χ0n) is 22.7. The molecule has 0 aromatic rings. The largest absolute Gasteiger partial charge is 0.481 e. The molecule has 3 heterocycles. The van der Waals surface area contributed by atoms with Crippen molar-refractivity contribution in [1.29, 1.82) is 0 Å². The summed E-state index contributed by atoms with van der Waals surface area (Å²) >= 11 is 0. The molecule has 2 bridgehead atoms. The van der Waals surface area contributed by atoms with Crippen molar-refractivity contribution in [3.05, 3.63) is 11.6 Å². The van der Waals surface area contributed by atoms with Crippen LogP contribution in [0.2, 0.25) is 0 Å². The van der Waals surface area contributed by atoms with Crippen molar-refractivity contribution < 1.29 is 28.8 Å². The van der Waals surface area contributed by atoms with Gasteiger partial charge >= 0.3 is 5.97 Å². The van der Waals surface area contributed by atoms with E-state index >= 15 is 0 Å². The topological polar surface area (TPSA) is 83.7 Å². The fraction of sp³-hybridized carbons (Fsp3) is 0.800. The monoisotopic (exact) mass is 496 g/mol. The Balaban J connectivity index is 1.60. The highest BCUT2D eigenvalue weighted by molar-refractivity contribution is 6.02. The third-order valence-corrected chi connectivity index (χ3v) is 12.0. The average molecular weight is 497 g/mol. The normalized spacial score (nSPS) is 51.7. The van der Waals surface area contributed by atoms with Gasteiger partial charge in [0.2, 0.25) is 0 Å².